The van der Waals surface area contributed by atoms with Crippen LogP contribution in [0.3, 0.4) is 0 Å². The van der Waals surface area contributed by atoms with Crippen LogP contribution in [0.25, 0.3) is 0 Å². The summed E-state index contributed by atoms with van der Waals surface area (Å²) < 4.78 is 60.5. The lowest BCUT2D eigenvalue weighted by Crippen LogP contribution is -2.40. The van der Waals surface area contributed by atoms with Crippen molar-refractivity contribution in [2.75, 3.05) is 32.4 Å². The van der Waals surface area contributed by atoms with Crippen LogP contribution >= 0.6 is 0 Å². The second kappa shape index (κ2) is 7.09. The van der Waals surface area contributed by atoms with Gasteiger partial charge in [-0.25, -0.2) is 12.7 Å². The Hall–Kier alpha value is -0.340. The third-order valence-electron chi connectivity index (χ3n) is 3.50. The fourth-order valence-corrected chi connectivity index (χ4v) is 3.58. The van der Waals surface area contributed by atoms with Gasteiger partial charge in [0.1, 0.15) is 0 Å². The van der Waals surface area contributed by atoms with Gasteiger partial charge in [0, 0.05) is 13.1 Å². The quantitative estimate of drug-likeness (QED) is 0.813. The maximum atomic E-state index is 12.0. The molecule has 4 nitrogen and oxygen atoms in total. The molecule has 1 fully saturated rings. The van der Waals surface area contributed by atoms with Crippen molar-refractivity contribution in [1.82, 2.24) is 9.62 Å². The number of piperidine rings is 1. The van der Waals surface area contributed by atoms with Gasteiger partial charge in [0.2, 0.25) is 10.0 Å². The van der Waals surface area contributed by atoms with Gasteiger partial charge in [-0.3, -0.25) is 0 Å². The first-order valence-corrected chi connectivity index (χ1v) is 8.65. The number of halogens is 3. The monoisotopic (exact) mass is 316 g/mol. The van der Waals surface area contributed by atoms with E-state index in [4.69, 9.17) is 0 Å². The van der Waals surface area contributed by atoms with E-state index >= 15 is 0 Å². The van der Waals surface area contributed by atoms with Crippen LogP contribution in [0, 0.1) is 11.8 Å². The summed E-state index contributed by atoms with van der Waals surface area (Å²) >= 11 is 0. The molecule has 0 aromatic heterocycles. The summed E-state index contributed by atoms with van der Waals surface area (Å²) in [4.78, 5) is 0. The predicted molar refractivity (Wildman–Crippen MR) is 71.8 cm³/mol. The molecule has 120 valence electrons. The molecule has 2 unspecified atom stereocenters. The Labute approximate surface area is 118 Å². The zero-order valence-electron chi connectivity index (χ0n) is 11.9. The van der Waals surface area contributed by atoms with E-state index in [9.17, 15) is 21.6 Å². The number of nitrogens with one attached hydrogen (secondary N) is 1. The molecule has 8 heteroatoms. The lowest BCUT2D eigenvalue weighted by molar-refractivity contribution is -0.125. The van der Waals surface area contributed by atoms with E-state index in [0.717, 1.165) is 19.3 Å². The molecule has 1 N–H and O–H groups in total. The van der Waals surface area contributed by atoms with E-state index in [-0.39, 0.29) is 11.8 Å². The summed E-state index contributed by atoms with van der Waals surface area (Å²) in [6.07, 6.45) is -0.478. The number of sulfonamides is 1. The van der Waals surface area contributed by atoms with E-state index in [1.165, 1.54) is 10.6 Å². The first-order chi connectivity index (χ1) is 9.08. The third-order valence-corrected chi connectivity index (χ3v) is 4.77. The molecule has 0 aromatic carbocycles. The van der Waals surface area contributed by atoms with Gasteiger partial charge in [-0.15, -0.1) is 0 Å². The van der Waals surface area contributed by atoms with Crippen LogP contribution in [0.4, 0.5) is 13.2 Å². The normalized spacial score (nSPS) is 23.8. The lowest BCUT2D eigenvalue weighted by Gasteiger charge is -2.32. The van der Waals surface area contributed by atoms with Crippen LogP contribution in [0.1, 0.15) is 26.2 Å². The minimum atomic E-state index is -4.18. The highest BCUT2D eigenvalue weighted by Crippen LogP contribution is 2.24. The van der Waals surface area contributed by atoms with Crippen molar-refractivity contribution >= 4 is 10.0 Å². The first kappa shape index (κ1) is 17.7. The standard InChI is InChI=1S/C12H23F3N2O2S/c1-10(7-16-9-12(13,14)15)6-11-4-3-5-17(8-11)20(2,18)19/h10-11,16H,3-9H2,1-2H3. The van der Waals surface area contributed by atoms with E-state index in [1.54, 1.807) is 0 Å². The molecule has 1 heterocycles. The summed E-state index contributed by atoms with van der Waals surface area (Å²) in [7, 11) is -3.16. The maximum Gasteiger partial charge on any atom is 0.401 e. The Morgan fingerprint density at radius 3 is 2.60 bits per heavy atom. The van der Waals surface area contributed by atoms with Gasteiger partial charge in [-0.2, -0.15) is 13.2 Å². The molecule has 2 atom stereocenters. The topological polar surface area (TPSA) is 49.4 Å². The molecule has 20 heavy (non-hydrogen) atoms. The molecule has 0 bridgehead atoms. The van der Waals surface area contributed by atoms with Gasteiger partial charge in [0.25, 0.3) is 0 Å². The van der Waals surface area contributed by atoms with Crippen LogP contribution in [0.15, 0.2) is 0 Å². The van der Waals surface area contributed by atoms with E-state index < -0.39 is 22.7 Å². The predicted octanol–water partition coefficient (Wildman–Crippen LogP) is 1.84. The van der Waals surface area contributed by atoms with Crippen LogP contribution in [-0.2, 0) is 10.0 Å². The zero-order chi connectivity index (χ0) is 15.4. The lowest BCUT2D eigenvalue weighted by atomic mass is 9.90. The van der Waals surface area contributed by atoms with Crippen LogP contribution in [0.2, 0.25) is 0 Å². The van der Waals surface area contributed by atoms with Crippen molar-refractivity contribution < 1.29 is 21.6 Å². The second-order valence-electron chi connectivity index (χ2n) is 5.72. The van der Waals surface area contributed by atoms with Crippen molar-refractivity contribution in [3.8, 4) is 0 Å². The fraction of sp³-hybridized carbons (Fsp3) is 1.00. The minimum Gasteiger partial charge on any atom is -0.308 e. The van der Waals surface area contributed by atoms with E-state index in [2.05, 4.69) is 5.32 Å². The number of nitrogens with zero attached hydrogens (tertiary/aromatic N) is 1. The Morgan fingerprint density at radius 1 is 1.40 bits per heavy atom. The number of alkyl halides is 3. The molecule has 0 saturated carbocycles. The van der Waals surface area contributed by atoms with Gasteiger partial charge in [0.05, 0.1) is 12.8 Å². The van der Waals surface area contributed by atoms with Crippen molar-refractivity contribution in [3.63, 3.8) is 0 Å². The van der Waals surface area contributed by atoms with Crippen LogP contribution in [0.5, 0.6) is 0 Å². The van der Waals surface area contributed by atoms with Gasteiger partial charge in [-0.1, -0.05) is 6.92 Å². The molecular formula is C12H23F3N2O2S. The van der Waals surface area contributed by atoms with Gasteiger partial charge in [-0.05, 0) is 37.6 Å². The van der Waals surface area contributed by atoms with Gasteiger partial charge < -0.3 is 5.32 Å². The Bertz CT molecular complexity index is 398. The number of rotatable bonds is 6. The highest BCUT2D eigenvalue weighted by molar-refractivity contribution is 7.88. The smallest absolute Gasteiger partial charge is 0.308 e. The van der Waals surface area contributed by atoms with Gasteiger partial charge >= 0.3 is 6.18 Å². The summed E-state index contributed by atoms with van der Waals surface area (Å²) in [6, 6.07) is 0. The second-order valence-corrected chi connectivity index (χ2v) is 7.70. The molecule has 0 amide bonds. The zero-order valence-corrected chi connectivity index (χ0v) is 12.7. The molecule has 0 spiro atoms. The van der Waals surface area contributed by atoms with Crippen molar-refractivity contribution in [3.05, 3.63) is 0 Å². The molecule has 1 rings (SSSR count). The molecule has 0 aliphatic carbocycles. The summed E-state index contributed by atoms with van der Waals surface area (Å²) in [5, 5.41) is 2.40. The first-order valence-electron chi connectivity index (χ1n) is 6.80. The molecule has 0 aromatic rings. The highest BCUT2D eigenvalue weighted by Gasteiger charge is 2.28. The largest absolute Gasteiger partial charge is 0.401 e. The summed E-state index contributed by atoms with van der Waals surface area (Å²) in [5.74, 6) is 0.336. The molecule has 1 aliphatic rings. The van der Waals surface area contributed by atoms with Crippen LogP contribution in [-0.4, -0.2) is 51.3 Å². The van der Waals surface area contributed by atoms with E-state index in [0.29, 0.717) is 19.6 Å². The summed E-state index contributed by atoms with van der Waals surface area (Å²) in [6.45, 7) is 2.26. The van der Waals surface area contributed by atoms with E-state index in [1.807, 2.05) is 6.92 Å². The highest BCUT2D eigenvalue weighted by atomic mass is 32.2. The molecule has 1 saturated heterocycles. The average Bonchev–Trinajstić information content (AvgIpc) is 2.26. The number of hydrogen-bond acceptors (Lipinski definition) is 3. The summed E-state index contributed by atoms with van der Waals surface area (Å²) in [5.41, 5.74) is 0. The Morgan fingerprint density at radius 2 is 2.05 bits per heavy atom. The molecular weight excluding hydrogens is 293 g/mol. The number of hydrogen-bond donors (Lipinski definition) is 1. The third kappa shape index (κ3) is 6.90. The SMILES string of the molecule is CC(CNCC(F)(F)F)CC1CCCN(S(C)(=O)=O)C1. The van der Waals surface area contributed by atoms with Gasteiger partial charge in [0.15, 0.2) is 0 Å². The molecule has 1 aliphatic heterocycles. The van der Waals surface area contributed by atoms with Crippen molar-refractivity contribution in [2.24, 2.45) is 11.8 Å². The maximum absolute atomic E-state index is 12.0. The van der Waals surface area contributed by atoms with Crippen LogP contribution < -0.4 is 5.32 Å². The van der Waals surface area contributed by atoms with Crippen molar-refractivity contribution in [2.45, 2.75) is 32.4 Å². The molecule has 0 radical (unpaired) electrons. The Balaban J connectivity index is 2.33. The minimum absolute atomic E-state index is 0.0989. The fourth-order valence-electron chi connectivity index (χ4n) is 2.63. The Kier molecular flexibility index (Phi) is 6.27. The van der Waals surface area contributed by atoms with Crippen molar-refractivity contribution in [1.29, 1.82) is 0 Å². The average molecular weight is 316 g/mol.